The molecular formula is C49H46N6S6. The molecule has 308 valence electrons. The maximum atomic E-state index is 5.20. The number of hydrogen-bond donors (Lipinski definition) is 6. The Morgan fingerprint density at radius 2 is 0.869 bits per heavy atom. The van der Waals surface area contributed by atoms with Crippen LogP contribution in [-0.2, 0) is 40.2 Å². The van der Waals surface area contributed by atoms with Crippen LogP contribution in [0.25, 0.3) is 0 Å². The normalized spacial score (nSPS) is 17.4. The molecule has 0 radical (unpaired) electrons. The molecule has 0 saturated heterocycles. The zero-order valence-corrected chi connectivity index (χ0v) is 38.8. The summed E-state index contributed by atoms with van der Waals surface area (Å²) in [6.45, 7) is 2.10. The number of amidine groups is 4. The Balaban J connectivity index is 0.926. The van der Waals surface area contributed by atoms with Crippen molar-refractivity contribution in [2.24, 2.45) is 20.0 Å². The Labute approximate surface area is 388 Å². The van der Waals surface area contributed by atoms with Crippen molar-refractivity contribution < 1.29 is 0 Å². The van der Waals surface area contributed by atoms with Gasteiger partial charge >= 0.3 is 0 Å². The van der Waals surface area contributed by atoms with Crippen LogP contribution in [0.4, 0.5) is 0 Å². The van der Waals surface area contributed by atoms with Crippen molar-refractivity contribution in [3.05, 3.63) is 212 Å². The monoisotopic (exact) mass is 910 g/mol. The lowest BCUT2D eigenvalue weighted by atomic mass is 9.98. The summed E-state index contributed by atoms with van der Waals surface area (Å²) in [7, 11) is 3.70. The van der Waals surface area contributed by atoms with Crippen molar-refractivity contribution >= 4 is 95.4 Å². The number of rotatable bonds is 15. The standard InChI is InChI=1S/C49H46N6S6/c1-49(43-24-12-35(29-59)13-25-43)54-47(41-18-6-34(28-58)7-19-41)53-48(55-49)42-22-10-37(11-23-42)31-61-60-30-36-8-20-40(21-9-36)46-51-44(38-14-2-32(26-56)3-15-38)50-45(52-46)39-16-4-33(27-57)5-17-39/h2-25,44,56-59H,26-31H2,1H3,(H,50,51,52)(H,53,54,55)/t44-,49-/m0/s1. The SMILES string of the molecule is C[C@@]1(c2ccc(CS)cc2)N=C(c2ccc(CSSCc3ccc(C4=N[C@@H](c5ccc(CS)cc5)NC(c5ccc(CS)cc5)=N4)cc3)cc2)N=C(c2ccc(CS)cc2)N1. The van der Waals surface area contributed by atoms with Gasteiger partial charge < -0.3 is 10.6 Å². The van der Waals surface area contributed by atoms with E-state index in [1.165, 1.54) is 16.7 Å². The van der Waals surface area contributed by atoms with Gasteiger partial charge in [-0.3, -0.25) is 0 Å². The molecule has 12 heteroatoms. The molecule has 0 aromatic heterocycles. The van der Waals surface area contributed by atoms with Crippen LogP contribution in [0.3, 0.4) is 0 Å². The molecule has 2 aliphatic heterocycles. The third-order valence-electron chi connectivity index (χ3n) is 10.6. The molecule has 0 unspecified atom stereocenters. The quantitative estimate of drug-likeness (QED) is 0.0353. The van der Waals surface area contributed by atoms with Gasteiger partial charge in [0.1, 0.15) is 17.8 Å². The van der Waals surface area contributed by atoms with E-state index in [4.69, 9.17) is 20.0 Å². The Kier molecular flexibility index (Phi) is 14.4. The molecule has 2 heterocycles. The smallest absolute Gasteiger partial charge is 0.159 e. The van der Waals surface area contributed by atoms with Crippen LogP contribution in [0.15, 0.2) is 166 Å². The first-order chi connectivity index (χ1) is 29.8. The lowest BCUT2D eigenvalue weighted by Crippen LogP contribution is -2.46. The van der Waals surface area contributed by atoms with E-state index in [1.807, 2.05) is 21.6 Å². The summed E-state index contributed by atoms with van der Waals surface area (Å²) in [5.74, 6) is 7.52. The summed E-state index contributed by atoms with van der Waals surface area (Å²) in [5, 5.41) is 7.20. The van der Waals surface area contributed by atoms with Gasteiger partial charge in [-0.05, 0) is 51.4 Å². The van der Waals surface area contributed by atoms with E-state index < -0.39 is 5.66 Å². The summed E-state index contributed by atoms with van der Waals surface area (Å²) in [5.41, 5.74) is 12.6. The predicted octanol–water partition coefficient (Wildman–Crippen LogP) is 11.7. The number of benzene rings is 6. The predicted molar refractivity (Wildman–Crippen MR) is 275 cm³/mol. The molecule has 0 spiro atoms. The fourth-order valence-corrected chi connectivity index (χ4v) is 9.91. The molecule has 0 aliphatic carbocycles. The van der Waals surface area contributed by atoms with Crippen LogP contribution in [0.1, 0.15) is 79.9 Å². The van der Waals surface area contributed by atoms with E-state index in [2.05, 4.69) is 214 Å². The van der Waals surface area contributed by atoms with Crippen molar-refractivity contribution in [3.8, 4) is 0 Å². The first-order valence-corrected chi connectivity index (χ1v) is 25.0. The number of thiol groups is 4. The molecular weight excluding hydrogens is 865 g/mol. The van der Waals surface area contributed by atoms with Gasteiger partial charge in [-0.1, -0.05) is 167 Å². The Morgan fingerprint density at radius 3 is 1.36 bits per heavy atom. The first kappa shape index (κ1) is 43.4. The summed E-state index contributed by atoms with van der Waals surface area (Å²) >= 11 is 17.8. The molecule has 2 atom stereocenters. The minimum absolute atomic E-state index is 0.262. The van der Waals surface area contributed by atoms with Gasteiger partial charge in [0.05, 0.1) is 0 Å². The summed E-state index contributed by atoms with van der Waals surface area (Å²) < 4.78 is 0. The molecule has 0 fully saturated rings. The Bertz CT molecular complexity index is 2560. The summed E-state index contributed by atoms with van der Waals surface area (Å²) in [4.78, 5) is 20.3. The second-order valence-corrected chi connectivity index (χ2v) is 18.7. The second kappa shape index (κ2) is 20.3. The van der Waals surface area contributed by atoms with Crippen molar-refractivity contribution in [2.75, 3.05) is 0 Å². The van der Waals surface area contributed by atoms with Gasteiger partial charge in [-0.25, -0.2) is 20.0 Å². The van der Waals surface area contributed by atoms with Gasteiger partial charge in [0, 0.05) is 56.8 Å². The topological polar surface area (TPSA) is 73.5 Å². The van der Waals surface area contributed by atoms with Crippen molar-refractivity contribution in [3.63, 3.8) is 0 Å². The highest BCUT2D eigenvalue weighted by Gasteiger charge is 2.32. The van der Waals surface area contributed by atoms with Gasteiger partial charge in [-0.2, -0.15) is 50.5 Å². The van der Waals surface area contributed by atoms with Crippen molar-refractivity contribution in [1.29, 1.82) is 0 Å². The third-order valence-corrected chi connectivity index (χ3v) is 14.3. The van der Waals surface area contributed by atoms with E-state index in [0.29, 0.717) is 34.7 Å². The average Bonchev–Trinajstić information content (AvgIpc) is 3.33. The average molecular weight is 911 g/mol. The van der Waals surface area contributed by atoms with Crippen LogP contribution in [0, 0.1) is 0 Å². The lowest BCUT2D eigenvalue weighted by molar-refractivity contribution is 0.455. The number of aliphatic imine (C=N–C) groups is 4. The van der Waals surface area contributed by atoms with Crippen LogP contribution in [0.5, 0.6) is 0 Å². The number of hydrogen-bond acceptors (Lipinski definition) is 12. The molecule has 6 aromatic rings. The van der Waals surface area contributed by atoms with Crippen molar-refractivity contribution in [1.82, 2.24) is 10.6 Å². The number of nitrogens with zero attached hydrogens (tertiary/aromatic N) is 4. The van der Waals surface area contributed by atoms with E-state index in [9.17, 15) is 0 Å². The maximum absolute atomic E-state index is 5.20. The minimum atomic E-state index is -0.704. The molecule has 6 aromatic carbocycles. The van der Waals surface area contributed by atoms with Gasteiger partial charge in [0.15, 0.2) is 17.3 Å². The molecule has 61 heavy (non-hydrogen) atoms. The molecule has 6 nitrogen and oxygen atoms in total. The maximum Gasteiger partial charge on any atom is 0.159 e. The van der Waals surface area contributed by atoms with E-state index in [0.717, 1.165) is 73.2 Å². The molecule has 2 aliphatic rings. The fourth-order valence-electron chi connectivity index (χ4n) is 6.92. The highest BCUT2D eigenvalue weighted by molar-refractivity contribution is 8.76. The van der Waals surface area contributed by atoms with Crippen LogP contribution < -0.4 is 10.6 Å². The fraction of sp³-hybridized carbons (Fsp3) is 0.184. The van der Waals surface area contributed by atoms with Crippen LogP contribution in [0.2, 0.25) is 0 Å². The highest BCUT2D eigenvalue weighted by Crippen LogP contribution is 2.32. The van der Waals surface area contributed by atoms with Crippen LogP contribution in [-0.4, -0.2) is 23.3 Å². The highest BCUT2D eigenvalue weighted by atomic mass is 33.1. The molecule has 0 amide bonds. The van der Waals surface area contributed by atoms with Crippen LogP contribution >= 0.6 is 72.1 Å². The van der Waals surface area contributed by atoms with E-state index in [1.54, 1.807) is 0 Å². The zero-order chi connectivity index (χ0) is 42.2. The molecule has 0 saturated carbocycles. The second-order valence-electron chi connectivity index (χ2n) is 14.9. The van der Waals surface area contributed by atoms with Gasteiger partial charge in [0.25, 0.3) is 0 Å². The zero-order valence-electron chi connectivity index (χ0n) is 33.6. The van der Waals surface area contributed by atoms with Gasteiger partial charge in [-0.15, -0.1) is 0 Å². The third kappa shape index (κ3) is 10.7. The van der Waals surface area contributed by atoms with Gasteiger partial charge in [0.2, 0.25) is 0 Å². The number of nitrogens with one attached hydrogen (secondary N) is 2. The summed E-state index contributed by atoms with van der Waals surface area (Å²) in [6, 6.07) is 50.9. The summed E-state index contributed by atoms with van der Waals surface area (Å²) in [6.07, 6.45) is -0.262. The van der Waals surface area contributed by atoms with Crippen molar-refractivity contribution in [2.45, 2.75) is 53.3 Å². The Hall–Kier alpha value is -4.30. The van der Waals surface area contributed by atoms with E-state index in [-0.39, 0.29) is 6.17 Å². The largest absolute Gasteiger partial charge is 0.344 e. The molecule has 2 N–H and O–H groups in total. The Morgan fingerprint density at radius 1 is 0.475 bits per heavy atom. The first-order valence-electron chi connectivity index (χ1n) is 20.0. The lowest BCUT2D eigenvalue weighted by Gasteiger charge is -2.33. The molecule has 8 rings (SSSR count). The van der Waals surface area contributed by atoms with E-state index >= 15 is 0 Å². The minimum Gasteiger partial charge on any atom is -0.344 e. The molecule has 0 bridgehead atoms.